The van der Waals surface area contributed by atoms with Crippen LogP contribution in [-0.2, 0) is 9.59 Å². The van der Waals surface area contributed by atoms with Crippen molar-refractivity contribution in [3.63, 3.8) is 0 Å². The number of carbonyl (C=O) groups excluding carboxylic acids is 2. The quantitative estimate of drug-likeness (QED) is 0.220. The molecular weight excluding hydrogens is 745 g/mol. The summed E-state index contributed by atoms with van der Waals surface area (Å²) in [7, 11) is 0. The van der Waals surface area contributed by atoms with E-state index in [4.69, 9.17) is 0 Å². The molecule has 0 heterocycles. The molecule has 0 aromatic heterocycles. The van der Waals surface area contributed by atoms with E-state index < -0.39 is 11.9 Å². The van der Waals surface area contributed by atoms with Crippen molar-refractivity contribution in [1.29, 1.82) is 0 Å². The number of carboxylic acid groups (broad SMARTS) is 2. The Bertz CT molecular complexity index is 1320. The van der Waals surface area contributed by atoms with E-state index in [1.165, 1.54) is 38.5 Å². The molecule has 8 fully saturated rings. The average Bonchev–Trinajstić information content (AvgIpc) is 3.70. The van der Waals surface area contributed by atoms with Crippen LogP contribution >= 0.6 is 0 Å². The Kier molecular flexibility index (Phi) is 14.4. The first-order valence-corrected chi connectivity index (χ1v) is 23.5. The molecule has 9 heteroatoms. The third kappa shape index (κ3) is 8.11. The Morgan fingerprint density at radius 2 is 0.912 bits per heavy atom. The van der Waals surface area contributed by atoms with E-state index in [1.807, 2.05) is 0 Å². The van der Waals surface area contributed by atoms with Crippen molar-refractivity contribution in [3.8, 4) is 0 Å². The van der Waals surface area contributed by atoms with Gasteiger partial charge >= 0.3 is 37.7 Å². The monoisotopic (exact) mass is 823 g/mol. The largest absolute Gasteiger partial charge is 2.00 e. The summed E-state index contributed by atoms with van der Waals surface area (Å²) < 4.78 is 0. The Morgan fingerprint density at radius 1 is 0.544 bits per heavy atom. The van der Waals surface area contributed by atoms with Crippen LogP contribution in [0, 0.1) is 92.7 Å². The molecule has 8 nitrogen and oxygen atoms in total. The van der Waals surface area contributed by atoms with Crippen molar-refractivity contribution in [1.82, 2.24) is 0 Å². The second-order valence-electron chi connectivity index (χ2n) is 22.5. The van der Waals surface area contributed by atoms with Gasteiger partial charge in [-0.05, 0) is 221 Å². The predicted octanol–water partition coefficient (Wildman–Crippen LogP) is 5.91. The SMILES string of the molecule is C[C@H](CCC(=O)[O-])[C@H]1CC[C@H]2[C@@H]3CC[C@@H]4C[C@H](O)CC[C@]4(C)[C@H]3C[C@H](O)[C@]12C.C[C@H](CCC(=O)[O-])[C@H]1CC[C@H]2[C@@H]3CC[C@@H]4C[C@H](O)CC[C@]4(C)[C@H]3C[C@H](O)[C@]12C.[Ca+2]. The standard InChI is InChI=1S/2C24H40O4.Ca/c2*1-14(4-9-22(27)28)18-7-8-19-17-6-5-15-12-16(25)10-11-23(15,2)20(17)13-21(26)24(18,19)3;/h2*14-21,25-26H,4-13H2,1-3H3,(H,27,28);/q;;+2/p-2/t2*14-,15-,16-,17+,18-,19+,20+,21+,23+,24-;/m11./s1. The van der Waals surface area contributed by atoms with E-state index >= 15 is 0 Å². The minimum atomic E-state index is -0.957. The number of aliphatic hydroxyl groups excluding tert-OH is 4. The molecule has 0 bridgehead atoms. The Balaban J connectivity index is 0.000000189. The zero-order chi connectivity index (χ0) is 40.5. The van der Waals surface area contributed by atoms with Crippen LogP contribution in [0.1, 0.15) is 170 Å². The Morgan fingerprint density at radius 3 is 1.26 bits per heavy atom. The van der Waals surface area contributed by atoms with Crippen molar-refractivity contribution >= 4 is 49.7 Å². The zero-order valence-electron chi connectivity index (χ0n) is 36.5. The molecular formula is C48H78CaO8. The van der Waals surface area contributed by atoms with Gasteiger partial charge in [0.2, 0.25) is 0 Å². The van der Waals surface area contributed by atoms with Crippen molar-refractivity contribution in [3.05, 3.63) is 0 Å². The van der Waals surface area contributed by atoms with Crippen LogP contribution in [0.25, 0.3) is 0 Å². The van der Waals surface area contributed by atoms with Gasteiger partial charge in [0.15, 0.2) is 0 Å². The molecule has 0 saturated heterocycles. The van der Waals surface area contributed by atoms with E-state index in [-0.39, 0.29) is 96.7 Å². The maximum Gasteiger partial charge on any atom is 2.00 e. The van der Waals surface area contributed by atoms with Crippen LogP contribution in [0.15, 0.2) is 0 Å². The number of hydrogen-bond donors (Lipinski definition) is 4. The van der Waals surface area contributed by atoms with Crippen LogP contribution < -0.4 is 10.2 Å². The normalized spacial score (nSPS) is 50.8. The second kappa shape index (κ2) is 17.7. The number of hydrogen-bond acceptors (Lipinski definition) is 8. The molecule has 0 spiro atoms. The van der Waals surface area contributed by atoms with Crippen molar-refractivity contribution in [2.75, 3.05) is 0 Å². The van der Waals surface area contributed by atoms with E-state index in [1.54, 1.807) is 0 Å². The van der Waals surface area contributed by atoms with Crippen LogP contribution in [0.2, 0.25) is 0 Å². The number of aliphatic hydroxyl groups is 4. The number of fused-ring (bicyclic) bond motifs is 10. The maximum absolute atomic E-state index is 11.5. The van der Waals surface area contributed by atoms with Crippen molar-refractivity contribution in [2.45, 2.75) is 194 Å². The number of aliphatic carboxylic acids is 2. The van der Waals surface area contributed by atoms with Gasteiger partial charge in [0, 0.05) is 11.9 Å². The minimum absolute atomic E-state index is 0. The van der Waals surface area contributed by atoms with Gasteiger partial charge in [-0.25, -0.2) is 0 Å². The molecule has 8 aliphatic rings. The summed E-state index contributed by atoms with van der Waals surface area (Å²) in [6.07, 6.45) is 18.0. The summed E-state index contributed by atoms with van der Waals surface area (Å²) in [5, 5.41) is 65.2. The van der Waals surface area contributed by atoms with Gasteiger partial charge in [0.05, 0.1) is 24.4 Å². The van der Waals surface area contributed by atoms with E-state index in [9.17, 15) is 40.2 Å². The Hall–Kier alpha value is 0.0397. The molecule has 4 N–H and O–H groups in total. The smallest absolute Gasteiger partial charge is 0.550 e. The van der Waals surface area contributed by atoms with Gasteiger partial charge < -0.3 is 40.2 Å². The molecule has 0 aromatic rings. The summed E-state index contributed by atoms with van der Waals surface area (Å²) in [4.78, 5) is 21.9. The van der Waals surface area contributed by atoms with E-state index in [2.05, 4.69) is 41.5 Å². The first-order chi connectivity index (χ1) is 26.3. The fraction of sp³-hybridized carbons (Fsp3) is 0.958. The fourth-order valence-electron chi connectivity index (χ4n) is 17.4. The van der Waals surface area contributed by atoms with Crippen LogP contribution in [0.3, 0.4) is 0 Å². The molecule has 0 aromatic carbocycles. The van der Waals surface area contributed by atoms with E-state index in [0.717, 1.165) is 64.2 Å². The molecule has 0 amide bonds. The summed E-state index contributed by atoms with van der Waals surface area (Å²) in [6, 6.07) is 0. The van der Waals surface area contributed by atoms with Gasteiger partial charge in [0.25, 0.3) is 0 Å². The Labute approximate surface area is 374 Å². The maximum atomic E-state index is 11.5. The molecule has 20 atom stereocenters. The molecule has 8 saturated carbocycles. The molecule has 0 aliphatic heterocycles. The number of rotatable bonds is 8. The molecule has 320 valence electrons. The summed E-state index contributed by atoms with van der Waals surface area (Å²) in [5.74, 6) is 4.37. The molecule has 0 radical (unpaired) electrons. The molecule has 8 aliphatic carbocycles. The van der Waals surface area contributed by atoms with Gasteiger partial charge in [-0.3, -0.25) is 0 Å². The zero-order valence-corrected chi connectivity index (χ0v) is 38.7. The second-order valence-corrected chi connectivity index (χ2v) is 22.5. The number of carboxylic acids is 2. The topological polar surface area (TPSA) is 161 Å². The number of carbonyl (C=O) groups is 2. The van der Waals surface area contributed by atoms with Crippen LogP contribution in [0.4, 0.5) is 0 Å². The van der Waals surface area contributed by atoms with Gasteiger partial charge in [0.1, 0.15) is 0 Å². The predicted molar refractivity (Wildman–Crippen MR) is 218 cm³/mol. The average molecular weight is 823 g/mol. The summed E-state index contributed by atoms with van der Waals surface area (Å²) in [6.45, 7) is 13.9. The summed E-state index contributed by atoms with van der Waals surface area (Å²) >= 11 is 0. The van der Waals surface area contributed by atoms with Crippen LogP contribution in [0.5, 0.6) is 0 Å². The van der Waals surface area contributed by atoms with Gasteiger partial charge in [-0.2, -0.15) is 0 Å². The molecule has 0 unspecified atom stereocenters. The van der Waals surface area contributed by atoms with Gasteiger partial charge in [-0.15, -0.1) is 0 Å². The first-order valence-electron chi connectivity index (χ1n) is 23.5. The molecule has 57 heavy (non-hydrogen) atoms. The third-order valence-corrected chi connectivity index (χ3v) is 20.6. The van der Waals surface area contributed by atoms with Crippen molar-refractivity contribution in [2.24, 2.45) is 92.7 Å². The van der Waals surface area contributed by atoms with Crippen LogP contribution in [-0.4, -0.2) is 94.5 Å². The first kappa shape index (κ1) is 46.5. The summed E-state index contributed by atoms with van der Waals surface area (Å²) in [5.41, 5.74) is 0.375. The third-order valence-electron chi connectivity index (χ3n) is 20.6. The van der Waals surface area contributed by atoms with E-state index in [0.29, 0.717) is 83.9 Å². The minimum Gasteiger partial charge on any atom is -0.550 e. The van der Waals surface area contributed by atoms with Gasteiger partial charge in [-0.1, -0.05) is 41.5 Å². The van der Waals surface area contributed by atoms with Crippen molar-refractivity contribution < 1.29 is 40.2 Å². The fourth-order valence-corrected chi connectivity index (χ4v) is 17.4. The molecule has 8 rings (SSSR count).